The monoisotopic (exact) mass is 414 g/mol. The zero-order valence-corrected chi connectivity index (χ0v) is 17.3. The van der Waals surface area contributed by atoms with E-state index in [1.165, 1.54) is 5.56 Å². The molecule has 1 aliphatic heterocycles. The predicted octanol–water partition coefficient (Wildman–Crippen LogP) is 4.43. The summed E-state index contributed by atoms with van der Waals surface area (Å²) in [4.78, 5) is 7.00. The maximum atomic E-state index is 6.30. The number of thioether (sulfide) groups is 1. The number of H-pyrrole nitrogens is 1. The number of nitrogens with one attached hydrogen (secondary N) is 1. The Balaban J connectivity index is 1.31. The van der Waals surface area contributed by atoms with Crippen molar-refractivity contribution in [3.05, 3.63) is 64.7 Å². The molecule has 5 nitrogen and oxygen atoms in total. The summed E-state index contributed by atoms with van der Waals surface area (Å²) in [6.07, 6.45) is 0.155. The van der Waals surface area contributed by atoms with E-state index in [1.807, 2.05) is 18.2 Å². The van der Waals surface area contributed by atoms with E-state index in [1.54, 1.807) is 11.8 Å². The van der Waals surface area contributed by atoms with Crippen LogP contribution in [0.3, 0.4) is 0 Å². The summed E-state index contributed by atoms with van der Waals surface area (Å²) in [5, 5.41) is 8.94. The van der Waals surface area contributed by atoms with E-state index in [9.17, 15) is 0 Å². The van der Waals surface area contributed by atoms with E-state index < -0.39 is 0 Å². The second-order valence-corrected chi connectivity index (χ2v) is 8.36. The summed E-state index contributed by atoms with van der Waals surface area (Å²) >= 11 is 7.93. The third-order valence-electron chi connectivity index (χ3n) is 4.76. The second kappa shape index (κ2) is 9.09. The molecule has 1 aromatic heterocycles. The van der Waals surface area contributed by atoms with E-state index >= 15 is 0 Å². The summed E-state index contributed by atoms with van der Waals surface area (Å²) in [5.74, 6) is 1.62. The molecule has 0 spiro atoms. The first-order valence-corrected chi connectivity index (χ1v) is 10.7. The quantitative estimate of drug-likeness (QED) is 0.605. The van der Waals surface area contributed by atoms with E-state index in [0.717, 1.165) is 59.1 Å². The third kappa shape index (κ3) is 4.94. The fraction of sp³-hybridized carbons (Fsp3) is 0.333. The van der Waals surface area contributed by atoms with Crippen molar-refractivity contribution in [1.29, 1.82) is 0 Å². The molecule has 2 aromatic carbocycles. The SMILES string of the molecule is Cc1ccc(-c2nc(SC[C@H]3CN(Cc4ccccc4Cl)CCO3)n[nH]2)cc1. The number of aromatic nitrogens is 3. The summed E-state index contributed by atoms with van der Waals surface area (Å²) in [7, 11) is 0. The van der Waals surface area contributed by atoms with Gasteiger partial charge in [-0.05, 0) is 18.6 Å². The van der Waals surface area contributed by atoms with Crippen LogP contribution in [0.1, 0.15) is 11.1 Å². The van der Waals surface area contributed by atoms with Crippen molar-refractivity contribution in [2.45, 2.75) is 24.7 Å². The lowest BCUT2D eigenvalue weighted by Crippen LogP contribution is -2.43. The first-order chi connectivity index (χ1) is 13.7. The molecule has 1 N–H and O–H groups in total. The number of hydrogen-bond donors (Lipinski definition) is 1. The molecule has 1 atom stereocenters. The van der Waals surface area contributed by atoms with Gasteiger partial charge in [0.15, 0.2) is 5.82 Å². The molecule has 0 unspecified atom stereocenters. The summed E-state index contributed by atoms with van der Waals surface area (Å²) < 4.78 is 5.94. The molecule has 1 saturated heterocycles. The topological polar surface area (TPSA) is 54.0 Å². The number of nitrogens with zero attached hydrogens (tertiary/aromatic N) is 3. The Bertz CT molecular complexity index is 915. The van der Waals surface area contributed by atoms with Crippen molar-refractivity contribution in [3.8, 4) is 11.4 Å². The Hall–Kier alpha value is -1.86. The minimum Gasteiger partial charge on any atom is -0.375 e. The first kappa shape index (κ1) is 19.5. The molecule has 0 saturated carbocycles. The number of aromatic amines is 1. The Morgan fingerprint density at radius 3 is 2.86 bits per heavy atom. The minimum atomic E-state index is 0.155. The Morgan fingerprint density at radius 2 is 2.04 bits per heavy atom. The number of morpholine rings is 1. The average Bonchev–Trinajstić information content (AvgIpc) is 3.18. The average molecular weight is 415 g/mol. The van der Waals surface area contributed by atoms with Crippen LogP contribution in [0.4, 0.5) is 0 Å². The van der Waals surface area contributed by atoms with Crippen LogP contribution in [0, 0.1) is 6.92 Å². The standard InChI is InChI=1S/C21H23ClN4OS/c1-15-6-8-16(9-7-15)20-23-21(25-24-20)28-14-18-13-26(10-11-27-18)12-17-4-2-3-5-19(17)22/h2-9,18H,10-14H2,1H3,(H,23,24,25)/t18-/m1/s1. The molecule has 28 heavy (non-hydrogen) atoms. The van der Waals surface area contributed by atoms with Crippen molar-refractivity contribution in [2.75, 3.05) is 25.4 Å². The van der Waals surface area contributed by atoms with Crippen molar-refractivity contribution in [1.82, 2.24) is 20.1 Å². The zero-order chi connectivity index (χ0) is 19.3. The summed E-state index contributed by atoms with van der Waals surface area (Å²) in [5.41, 5.74) is 3.44. The number of aryl methyl sites for hydroxylation is 1. The van der Waals surface area contributed by atoms with Crippen LogP contribution in [0.15, 0.2) is 53.7 Å². The first-order valence-electron chi connectivity index (χ1n) is 9.37. The molecule has 0 aliphatic carbocycles. The van der Waals surface area contributed by atoms with E-state index in [4.69, 9.17) is 16.3 Å². The molecule has 0 bridgehead atoms. The number of halogens is 1. The molecular formula is C21H23ClN4OS. The number of rotatable bonds is 6. The number of ether oxygens (including phenoxy) is 1. The maximum absolute atomic E-state index is 6.30. The van der Waals surface area contributed by atoms with Crippen LogP contribution < -0.4 is 0 Å². The van der Waals surface area contributed by atoms with Gasteiger partial charge in [0, 0.05) is 36.0 Å². The van der Waals surface area contributed by atoms with Crippen LogP contribution in [0.2, 0.25) is 5.02 Å². The third-order valence-corrected chi connectivity index (χ3v) is 6.11. The lowest BCUT2D eigenvalue weighted by Gasteiger charge is -2.32. The highest BCUT2D eigenvalue weighted by Crippen LogP contribution is 2.23. The van der Waals surface area contributed by atoms with Gasteiger partial charge in [-0.15, -0.1) is 5.10 Å². The van der Waals surface area contributed by atoms with Gasteiger partial charge in [0.25, 0.3) is 0 Å². The van der Waals surface area contributed by atoms with Gasteiger partial charge < -0.3 is 4.74 Å². The van der Waals surface area contributed by atoms with Gasteiger partial charge in [0.1, 0.15) is 0 Å². The van der Waals surface area contributed by atoms with Crippen LogP contribution in [0.5, 0.6) is 0 Å². The lowest BCUT2D eigenvalue weighted by atomic mass is 10.1. The van der Waals surface area contributed by atoms with Crippen molar-refractivity contribution < 1.29 is 4.74 Å². The highest BCUT2D eigenvalue weighted by atomic mass is 35.5. The molecule has 3 aromatic rings. The minimum absolute atomic E-state index is 0.155. The molecule has 146 valence electrons. The molecule has 1 fully saturated rings. The number of benzene rings is 2. The Kier molecular flexibility index (Phi) is 6.32. The van der Waals surface area contributed by atoms with Gasteiger partial charge in [0.05, 0.1) is 12.7 Å². The maximum Gasteiger partial charge on any atom is 0.208 e. The molecule has 0 amide bonds. The van der Waals surface area contributed by atoms with E-state index in [-0.39, 0.29) is 6.10 Å². The molecule has 0 radical (unpaired) electrons. The fourth-order valence-electron chi connectivity index (χ4n) is 3.21. The van der Waals surface area contributed by atoms with Gasteiger partial charge in [-0.1, -0.05) is 71.4 Å². The second-order valence-electron chi connectivity index (χ2n) is 6.96. The lowest BCUT2D eigenvalue weighted by molar-refractivity contribution is -0.0187. The van der Waals surface area contributed by atoms with Gasteiger partial charge in [-0.3, -0.25) is 10.00 Å². The summed E-state index contributed by atoms with van der Waals surface area (Å²) in [6, 6.07) is 16.3. The zero-order valence-electron chi connectivity index (χ0n) is 15.8. The van der Waals surface area contributed by atoms with Gasteiger partial charge >= 0.3 is 0 Å². The highest BCUT2D eigenvalue weighted by Gasteiger charge is 2.22. The van der Waals surface area contributed by atoms with Crippen molar-refractivity contribution in [3.63, 3.8) is 0 Å². The predicted molar refractivity (Wildman–Crippen MR) is 114 cm³/mol. The molecule has 2 heterocycles. The van der Waals surface area contributed by atoms with Crippen LogP contribution in [-0.4, -0.2) is 51.6 Å². The van der Waals surface area contributed by atoms with Gasteiger partial charge in [-0.2, -0.15) is 0 Å². The molecular weight excluding hydrogens is 392 g/mol. The fourth-order valence-corrected chi connectivity index (χ4v) is 4.21. The van der Waals surface area contributed by atoms with Gasteiger partial charge in [0.2, 0.25) is 5.16 Å². The Labute approximate surface area is 174 Å². The van der Waals surface area contributed by atoms with Crippen molar-refractivity contribution >= 4 is 23.4 Å². The largest absolute Gasteiger partial charge is 0.375 e. The molecule has 4 rings (SSSR count). The normalized spacial score (nSPS) is 17.7. The van der Waals surface area contributed by atoms with E-state index in [2.05, 4.69) is 57.3 Å². The molecule has 7 heteroatoms. The highest BCUT2D eigenvalue weighted by molar-refractivity contribution is 7.99. The summed E-state index contributed by atoms with van der Waals surface area (Å²) in [6.45, 7) is 5.46. The van der Waals surface area contributed by atoms with Crippen LogP contribution >= 0.6 is 23.4 Å². The number of hydrogen-bond acceptors (Lipinski definition) is 5. The molecule has 1 aliphatic rings. The Morgan fingerprint density at radius 1 is 1.21 bits per heavy atom. The van der Waals surface area contributed by atoms with Crippen molar-refractivity contribution in [2.24, 2.45) is 0 Å². The van der Waals surface area contributed by atoms with Crippen LogP contribution in [0.25, 0.3) is 11.4 Å². The van der Waals surface area contributed by atoms with Crippen LogP contribution in [-0.2, 0) is 11.3 Å². The van der Waals surface area contributed by atoms with Gasteiger partial charge in [-0.25, -0.2) is 4.98 Å². The smallest absolute Gasteiger partial charge is 0.208 e. The van der Waals surface area contributed by atoms with E-state index in [0.29, 0.717) is 0 Å².